The van der Waals surface area contributed by atoms with Gasteiger partial charge in [-0.05, 0) is 12.2 Å². The van der Waals surface area contributed by atoms with E-state index in [0.29, 0.717) is 5.71 Å². The number of carbonyl (C=O) groups excluding carboxylic acids is 1. The van der Waals surface area contributed by atoms with Gasteiger partial charge in [-0.2, -0.15) is 0 Å². The molecule has 10 heavy (non-hydrogen) atoms. The van der Waals surface area contributed by atoms with Crippen molar-refractivity contribution < 1.29 is 4.79 Å². The van der Waals surface area contributed by atoms with Gasteiger partial charge >= 0.3 is 0 Å². The predicted molar refractivity (Wildman–Crippen MR) is 38.2 cm³/mol. The molecule has 0 aromatic carbocycles. The van der Waals surface area contributed by atoms with E-state index in [1.807, 2.05) is 0 Å². The van der Waals surface area contributed by atoms with Gasteiger partial charge in [0.05, 0.1) is 11.4 Å². The van der Waals surface area contributed by atoms with Gasteiger partial charge in [-0.15, -0.1) is 0 Å². The molecule has 0 aliphatic carbocycles. The normalized spacial score (nSPS) is 20.6. The highest BCUT2D eigenvalue weighted by molar-refractivity contribution is 6.54. The molecule has 0 saturated carbocycles. The minimum Gasteiger partial charge on any atom is -0.267 e. The number of rotatable bonds is 0. The molecule has 0 unspecified atom stereocenters. The van der Waals surface area contributed by atoms with Crippen LogP contribution in [0.2, 0.25) is 0 Å². The number of aliphatic imine (C=N–C) groups is 2. The molecule has 0 aromatic heterocycles. The number of nitrogens with zero attached hydrogens (tertiary/aromatic N) is 2. The molecule has 0 aromatic rings. The van der Waals surface area contributed by atoms with E-state index in [4.69, 9.17) is 0 Å². The number of hydrogen-bond acceptors (Lipinski definition) is 2. The Bertz CT molecular complexity index is 308. The molecule has 1 amide bonds. The fourth-order valence-electron chi connectivity index (χ4n) is 0.869. The van der Waals surface area contributed by atoms with Crippen LogP contribution >= 0.6 is 0 Å². The molecule has 0 radical (unpaired) electrons. The van der Waals surface area contributed by atoms with Crippen LogP contribution in [0.3, 0.4) is 0 Å². The fraction of sp³-hybridized carbons (Fsp3) is 0. The van der Waals surface area contributed by atoms with Crippen molar-refractivity contribution in [3.8, 4) is 0 Å². The zero-order valence-corrected chi connectivity index (χ0v) is 5.11. The second-order valence-electron chi connectivity index (χ2n) is 2.00. The van der Waals surface area contributed by atoms with Crippen molar-refractivity contribution in [1.82, 2.24) is 0 Å². The monoisotopic (exact) mass is 132 g/mol. The first-order valence-corrected chi connectivity index (χ1v) is 2.92. The number of fused-ring (bicyclic) bond motifs is 1. The number of hydrogen-bond donors (Lipinski definition) is 0. The molecule has 0 spiro atoms. The van der Waals surface area contributed by atoms with Gasteiger partial charge in [-0.3, -0.25) is 9.79 Å². The summed E-state index contributed by atoms with van der Waals surface area (Å²) >= 11 is 0. The molecular weight excluding hydrogens is 128 g/mol. The van der Waals surface area contributed by atoms with Gasteiger partial charge < -0.3 is 0 Å². The van der Waals surface area contributed by atoms with E-state index in [9.17, 15) is 4.79 Å². The lowest BCUT2D eigenvalue weighted by Gasteiger charge is -1.97. The number of carbonyl (C=O) groups is 1. The Hall–Kier alpha value is -1.51. The van der Waals surface area contributed by atoms with Crippen LogP contribution in [0, 0.1) is 0 Å². The van der Waals surface area contributed by atoms with Gasteiger partial charge in [0.1, 0.15) is 0 Å². The van der Waals surface area contributed by atoms with E-state index in [1.54, 1.807) is 18.4 Å². The minimum atomic E-state index is -0.208. The lowest BCUT2D eigenvalue weighted by Crippen LogP contribution is -2.12. The Morgan fingerprint density at radius 1 is 1.10 bits per heavy atom. The van der Waals surface area contributed by atoms with Crippen LogP contribution in [0.4, 0.5) is 0 Å². The Morgan fingerprint density at radius 2 is 2.00 bits per heavy atom. The molecule has 3 nitrogen and oxygen atoms in total. The quantitative estimate of drug-likeness (QED) is 0.473. The summed E-state index contributed by atoms with van der Waals surface area (Å²) in [7, 11) is 0. The van der Waals surface area contributed by atoms with Crippen molar-refractivity contribution >= 4 is 17.3 Å². The van der Waals surface area contributed by atoms with Crippen molar-refractivity contribution in [2.45, 2.75) is 0 Å². The van der Waals surface area contributed by atoms with Crippen LogP contribution in [0.5, 0.6) is 0 Å². The Labute approximate surface area is 57.5 Å². The van der Waals surface area contributed by atoms with Gasteiger partial charge in [0.25, 0.3) is 5.91 Å². The Balaban J connectivity index is 2.51. The molecule has 3 heteroatoms. The highest BCUT2D eigenvalue weighted by atomic mass is 16.1. The summed E-state index contributed by atoms with van der Waals surface area (Å²) in [5.74, 6) is -0.208. The summed E-state index contributed by atoms with van der Waals surface area (Å²) in [6.07, 6.45) is 6.44. The SMILES string of the molecule is O=C1C=CC2=NC=CC2=N1. The molecule has 2 heterocycles. The third-order valence-electron chi connectivity index (χ3n) is 1.32. The molecule has 2 aliphatic heterocycles. The van der Waals surface area contributed by atoms with Crippen LogP contribution < -0.4 is 0 Å². The van der Waals surface area contributed by atoms with E-state index < -0.39 is 0 Å². The summed E-state index contributed by atoms with van der Waals surface area (Å²) in [4.78, 5) is 18.3. The molecule has 0 saturated heterocycles. The maximum absolute atomic E-state index is 10.6. The Morgan fingerprint density at radius 3 is 2.90 bits per heavy atom. The van der Waals surface area contributed by atoms with E-state index >= 15 is 0 Å². The van der Waals surface area contributed by atoms with Crippen LogP contribution in [0.1, 0.15) is 0 Å². The fourth-order valence-corrected chi connectivity index (χ4v) is 0.869. The van der Waals surface area contributed by atoms with E-state index in [0.717, 1.165) is 5.71 Å². The molecule has 0 fully saturated rings. The third-order valence-corrected chi connectivity index (χ3v) is 1.32. The smallest absolute Gasteiger partial charge is 0.267 e. The first kappa shape index (κ1) is 5.29. The van der Waals surface area contributed by atoms with Gasteiger partial charge in [-0.25, -0.2) is 4.99 Å². The van der Waals surface area contributed by atoms with Crippen LogP contribution in [0.25, 0.3) is 0 Å². The second kappa shape index (κ2) is 1.73. The molecule has 0 N–H and O–H groups in total. The molecular formula is C7H4N2O. The largest absolute Gasteiger partial charge is 0.270 e. The van der Waals surface area contributed by atoms with Crippen molar-refractivity contribution in [1.29, 1.82) is 0 Å². The molecule has 2 aliphatic rings. The zero-order valence-electron chi connectivity index (χ0n) is 5.11. The van der Waals surface area contributed by atoms with Gasteiger partial charge in [0, 0.05) is 12.3 Å². The zero-order chi connectivity index (χ0) is 6.97. The minimum absolute atomic E-state index is 0.208. The number of dihydropyridines is 1. The van der Waals surface area contributed by atoms with Gasteiger partial charge in [-0.1, -0.05) is 0 Å². The summed E-state index contributed by atoms with van der Waals surface area (Å²) < 4.78 is 0. The van der Waals surface area contributed by atoms with Crippen LogP contribution in [0.15, 0.2) is 34.4 Å². The first-order valence-electron chi connectivity index (χ1n) is 2.92. The van der Waals surface area contributed by atoms with Crippen LogP contribution in [-0.4, -0.2) is 17.3 Å². The summed E-state index contributed by atoms with van der Waals surface area (Å²) in [6.45, 7) is 0. The van der Waals surface area contributed by atoms with Crippen molar-refractivity contribution in [2.75, 3.05) is 0 Å². The molecule has 0 atom stereocenters. The topological polar surface area (TPSA) is 41.8 Å². The van der Waals surface area contributed by atoms with Crippen molar-refractivity contribution in [2.24, 2.45) is 9.98 Å². The van der Waals surface area contributed by atoms with Gasteiger partial charge in [0.2, 0.25) is 0 Å². The highest BCUT2D eigenvalue weighted by Crippen LogP contribution is 2.04. The lowest BCUT2D eigenvalue weighted by atomic mass is 10.2. The van der Waals surface area contributed by atoms with E-state index in [2.05, 4.69) is 9.98 Å². The average Bonchev–Trinajstić information content (AvgIpc) is 2.33. The highest BCUT2D eigenvalue weighted by Gasteiger charge is 2.12. The summed E-state index contributed by atoms with van der Waals surface area (Å²) in [6, 6.07) is 0. The lowest BCUT2D eigenvalue weighted by molar-refractivity contribution is -0.113. The van der Waals surface area contributed by atoms with Crippen LogP contribution in [-0.2, 0) is 4.79 Å². The van der Waals surface area contributed by atoms with Crippen molar-refractivity contribution in [3.63, 3.8) is 0 Å². The molecule has 48 valence electrons. The van der Waals surface area contributed by atoms with E-state index in [1.165, 1.54) is 6.08 Å². The average molecular weight is 132 g/mol. The molecule has 2 rings (SSSR count). The summed E-state index contributed by atoms with van der Waals surface area (Å²) in [5, 5.41) is 0. The predicted octanol–water partition coefficient (Wildman–Crippen LogP) is 0.492. The van der Waals surface area contributed by atoms with Crippen molar-refractivity contribution in [3.05, 3.63) is 24.4 Å². The second-order valence-corrected chi connectivity index (χ2v) is 2.00. The number of amides is 1. The maximum atomic E-state index is 10.6. The first-order chi connectivity index (χ1) is 4.86. The standard InChI is InChI=1S/C7H4N2O/c10-7-2-1-5-6(9-7)3-4-8-5/h1-4H. The maximum Gasteiger partial charge on any atom is 0.270 e. The summed E-state index contributed by atoms with van der Waals surface area (Å²) in [5.41, 5.74) is 1.45. The Kier molecular flexibility index (Phi) is 0.917. The van der Waals surface area contributed by atoms with Gasteiger partial charge in [0.15, 0.2) is 0 Å². The molecule has 0 bridgehead atoms. The number of allylic oxidation sites excluding steroid dienone is 2. The van der Waals surface area contributed by atoms with E-state index in [-0.39, 0.29) is 5.91 Å². The third kappa shape index (κ3) is 0.639.